The second-order valence-electron chi connectivity index (χ2n) is 1.31. The van der Waals surface area contributed by atoms with Crippen molar-refractivity contribution in [3.63, 3.8) is 0 Å². The van der Waals surface area contributed by atoms with Crippen LogP contribution in [0.4, 0.5) is 4.79 Å². The molecule has 0 fully saturated rings. The summed E-state index contributed by atoms with van der Waals surface area (Å²) in [6.45, 7) is 3.43. The van der Waals surface area contributed by atoms with Gasteiger partial charge in [0.15, 0.2) is 0 Å². The van der Waals surface area contributed by atoms with Crippen molar-refractivity contribution < 1.29 is 123 Å². The summed E-state index contributed by atoms with van der Waals surface area (Å²) in [5.74, 6) is 0.255. The number of Topliss-reactive ketones (excluding diaryl/α,β-unsaturated/α-hetero) is 1. The van der Waals surface area contributed by atoms with Crippen LogP contribution in [0, 0.1) is 0 Å². The third kappa shape index (κ3) is 102. The molecule has 0 radical (unpaired) electrons. The molecule has 0 saturated carbocycles. The van der Waals surface area contributed by atoms with Gasteiger partial charge >= 0.3 is 103 Å². The summed E-state index contributed by atoms with van der Waals surface area (Å²) < 4.78 is 0. The molecule has 0 bridgehead atoms. The number of alkyl halides is 1. The SMILES string of the molecule is CCC(C)=O.CI.O=C([O-])[O-].[K+].[K+]. The number of hydrogen-bond acceptors (Lipinski definition) is 4. The zero-order valence-corrected chi connectivity index (χ0v) is 17.1. The molecular formula is C6H11IK2O4. The maximum atomic E-state index is 9.81. The standard InChI is InChI=1S/C4H8O.CH3I.CH2O3.2K/c1-3-4(2)5;1-2;2-1(3)4;;/h3H2,1-2H3;1H3;(H2,2,3,4);;/q;;;2*+1/p-2. The molecule has 4 nitrogen and oxygen atoms in total. The van der Waals surface area contributed by atoms with Gasteiger partial charge in [-0.1, -0.05) is 29.5 Å². The maximum absolute atomic E-state index is 9.81. The fraction of sp³-hybridized carbons (Fsp3) is 0.667. The van der Waals surface area contributed by atoms with Crippen molar-refractivity contribution in [3.05, 3.63) is 0 Å². The first-order chi connectivity index (χ1) is 5.00. The Balaban J connectivity index is -0.0000000246. The Morgan fingerprint density at radius 3 is 1.23 bits per heavy atom. The first-order valence-electron chi connectivity index (χ1n) is 2.76. The Kier molecular flexibility index (Phi) is 67.2. The first-order valence-corrected chi connectivity index (χ1v) is 4.91. The predicted octanol–water partition coefficient (Wildman–Crippen LogP) is -6.40. The quantitative estimate of drug-likeness (QED) is 0.267. The van der Waals surface area contributed by atoms with Gasteiger partial charge in [-0.15, -0.1) is 0 Å². The third-order valence-corrected chi connectivity index (χ3v) is 0.498. The van der Waals surface area contributed by atoms with Crippen LogP contribution in [-0.2, 0) is 4.79 Å². The normalized spacial score (nSPS) is 5.23. The van der Waals surface area contributed by atoms with Crippen molar-refractivity contribution in [1.29, 1.82) is 0 Å². The number of carbonyl (C=O) groups excluding carboxylic acids is 2. The van der Waals surface area contributed by atoms with Gasteiger partial charge in [0.05, 0.1) is 0 Å². The van der Waals surface area contributed by atoms with Gasteiger partial charge in [0.25, 0.3) is 0 Å². The van der Waals surface area contributed by atoms with Crippen molar-refractivity contribution >= 4 is 34.5 Å². The van der Waals surface area contributed by atoms with Crippen LogP contribution >= 0.6 is 22.6 Å². The van der Waals surface area contributed by atoms with Crippen LogP contribution < -0.4 is 113 Å². The van der Waals surface area contributed by atoms with Crippen LogP contribution in [0.3, 0.4) is 0 Å². The average molecular weight is 352 g/mol. The molecule has 0 spiro atoms. The van der Waals surface area contributed by atoms with Gasteiger partial charge in [-0.25, -0.2) is 0 Å². The van der Waals surface area contributed by atoms with Gasteiger partial charge in [-0.2, -0.15) is 0 Å². The van der Waals surface area contributed by atoms with Crippen molar-refractivity contribution in [2.45, 2.75) is 20.3 Å². The Bertz CT molecular complexity index is 107. The van der Waals surface area contributed by atoms with Crippen LogP contribution in [0.2, 0.25) is 0 Å². The molecule has 0 atom stereocenters. The van der Waals surface area contributed by atoms with E-state index in [1.807, 2.05) is 11.9 Å². The summed E-state index contributed by atoms with van der Waals surface area (Å²) in [5.41, 5.74) is 0. The number of ketones is 1. The van der Waals surface area contributed by atoms with E-state index >= 15 is 0 Å². The number of carbonyl (C=O) groups is 2. The fourth-order valence-electron chi connectivity index (χ4n) is 0. The molecule has 0 aliphatic heterocycles. The molecule has 0 aromatic rings. The van der Waals surface area contributed by atoms with Crippen molar-refractivity contribution in [3.8, 4) is 0 Å². The van der Waals surface area contributed by atoms with E-state index in [-0.39, 0.29) is 109 Å². The minimum absolute atomic E-state index is 0. The fourth-order valence-corrected chi connectivity index (χ4v) is 0. The summed E-state index contributed by atoms with van der Waals surface area (Å²) in [5, 5.41) is 16.7. The van der Waals surface area contributed by atoms with E-state index in [1.54, 1.807) is 6.92 Å². The second-order valence-corrected chi connectivity index (χ2v) is 1.31. The topological polar surface area (TPSA) is 80.3 Å². The molecule has 0 unspecified atom stereocenters. The zero-order valence-electron chi connectivity index (χ0n) is 8.72. The molecule has 68 valence electrons. The first kappa shape index (κ1) is 29.7. The summed E-state index contributed by atoms with van der Waals surface area (Å²) in [6, 6.07) is 0. The molecular weight excluding hydrogens is 341 g/mol. The number of carboxylic acid groups (broad SMARTS) is 2. The Morgan fingerprint density at radius 1 is 1.15 bits per heavy atom. The van der Waals surface area contributed by atoms with Gasteiger partial charge in [0, 0.05) is 6.42 Å². The van der Waals surface area contributed by atoms with E-state index < -0.39 is 6.16 Å². The monoisotopic (exact) mass is 352 g/mol. The van der Waals surface area contributed by atoms with Crippen LogP contribution in [0.15, 0.2) is 0 Å². The summed E-state index contributed by atoms with van der Waals surface area (Å²) >= 11 is 2.15. The molecule has 0 amide bonds. The Hall–Kier alpha value is 2.94. The molecule has 0 saturated heterocycles. The summed E-state index contributed by atoms with van der Waals surface area (Å²) in [6.07, 6.45) is -1.67. The minimum Gasteiger partial charge on any atom is -0.652 e. The van der Waals surface area contributed by atoms with E-state index in [2.05, 4.69) is 22.6 Å². The number of rotatable bonds is 1. The van der Waals surface area contributed by atoms with E-state index in [1.165, 1.54) is 0 Å². The molecule has 0 aliphatic carbocycles. The minimum atomic E-state index is -2.33. The van der Waals surface area contributed by atoms with E-state index in [0.717, 1.165) is 0 Å². The van der Waals surface area contributed by atoms with Crippen LogP contribution in [0.5, 0.6) is 0 Å². The van der Waals surface area contributed by atoms with Crippen LogP contribution in [0.1, 0.15) is 20.3 Å². The second kappa shape index (κ2) is 29.4. The van der Waals surface area contributed by atoms with Gasteiger partial charge < -0.3 is 19.8 Å². The third-order valence-electron chi connectivity index (χ3n) is 0.498. The van der Waals surface area contributed by atoms with Gasteiger partial charge in [-0.05, 0) is 18.0 Å². The molecule has 7 heteroatoms. The molecule has 0 aliphatic rings. The van der Waals surface area contributed by atoms with Crippen molar-refractivity contribution in [2.75, 3.05) is 4.93 Å². The van der Waals surface area contributed by atoms with E-state index in [4.69, 9.17) is 15.0 Å². The summed E-state index contributed by atoms with van der Waals surface area (Å²) in [4.78, 5) is 20.1. The molecule has 0 rings (SSSR count). The molecule has 0 aromatic heterocycles. The number of hydrogen-bond donors (Lipinski definition) is 0. The smallest absolute Gasteiger partial charge is 0.652 e. The molecule has 0 N–H and O–H groups in total. The van der Waals surface area contributed by atoms with Crippen LogP contribution in [-0.4, -0.2) is 16.9 Å². The van der Waals surface area contributed by atoms with E-state index in [0.29, 0.717) is 6.42 Å². The molecule has 0 heterocycles. The Labute approximate surface area is 178 Å². The number of halogens is 1. The Morgan fingerprint density at radius 2 is 1.23 bits per heavy atom. The molecule has 13 heavy (non-hydrogen) atoms. The van der Waals surface area contributed by atoms with Gasteiger partial charge in [0.1, 0.15) is 5.78 Å². The van der Waals surface area contributed by atoms with Gasteiger partial charge in [0.2, 0.25) is 0 Å². The maximum Gasteiger partial charge on any atom is 1.00 e. The van der Waals surface area contributed by atoms with Gasteiger partial charge in [-0.3, -0.25) is 0 Å². The predicted molar refractivity (Wildman–Crippen MR) is 46.3 cm³/mol. The largest absolute Gasteiger partial charge is 1.00 e. The zero-order chi connectivity index (χ0) is 9.86. The van der Waals surface area contributed by atoms with Crippen molar-refractivity contribution in [2.24, 2.45) is 0 Å². The van der Waals surface area contributed by atoms with Crippen LogP contribution in [0.25, 0.3) is 0 Å². The average Bonchev–Trinajstić information content (AvgIpc) is 1.91. The molecule has 0 aromatic carbocycles. The van der Waals surface area contributed by atoms with Crippen molar-refractivity contribution in [1.82, 2.24) is 0 Å². The summed E-state index contributed by atoms with van der Waals surface area (Å²) in [7, 11) is 0. The van der Waals surface area contributed by atoms with E-state index in [9.17, 15) is 4.79 Å².